The molecule has 0 bridgehead atoms. The second-order valence-electron chi connectivity index (χ2n) is 5.61. The molecule has 98 valence electrons. The highest BCUT2D eigenvalue weighted by Crippen LogP contribution is 2.46. The summed E-state index contributed by atoms with van der Waals surface area (Å²) in [6.07, 6.45) is 3.58. The van der Waals surface area contributed by atoms with Gasteiger partial charge in [0.1, 0.15) is 0 Å². The lowest BCUT2D eigenvalue weighted by Gasteiger charge is -2.38. The van der Waals surface area contributed by atoms with Gasteiger partial charge in [-0.1, -0.05) is 18.2 Å². The van der Waals surface area contributed by atoms with Crippen LogP contribution in [0.25, 0.3) is 0 Å². The summed E-state index contributed by atoms with van der Waals surface area (Å²) in [6.45, 7) is 2.53. The maximum absolute atomic E-state index is 6.05. The van der Waals surface area contributed by atoms with Crippen LogP contribution in [0.5, 0.6) is 0 Å². The number of rotatable bonds is 3. The average molecular weight is 263 g/mol. The third-order valence-electron chi connectivity index (χ3n) is 4.32. The van der Waals surface area contributed by atoms with Crippen LogP contribution < -0.4 is 5.73 Å². The van der Waals surface area contributed by atoms with Crippen LogP contribution in [0.4, 0.5) is 0 Å². The van der Waals surface area contributed by atoms with Gasteiger partial charge in [-0.25, -0.2) is 0 Å². The largest absolute Gasteiger partial charge is 0.381 e. The van der Waals surface area contributed by atoms with Crippen molar-refractivity contribution in [3.05, 3.63) is 29.8 Å². The van der Waals surface area contributed by atoms with Crippen LogP contribution in [0.3, 0.4) is 0 Å². The third-order valence-corrected chi connectivity index (χ3v) is 5.57. The zero-order chi connectivity index (χ0) is 12.4. The standard InChI is InChI=1S/C15H21NOS/c16-10-15(6-3-7-17-11-15)8-12-9-18-14-5-2-1-4-13(12)14/h1-2,4-5,12H,3,6-11,16H2. The van der Waals surface area contributed by atoms with Gasteiger partial charge in [-0.3, -0.25) is 0 Å². The van der Waals surface area contributed by atoms with Crippen LogP contribution in [-0.4, -0.2) is 25.5 Å². The first kappa shape index (κ1) is 12.5. The number of nitrogens with two attached hydrogens (primary N) is 1. The van der Waals surface area contributed by atoms with Gasteiger partial charge in [-0.2, -0.15) is 0 Å². The number of hydrogen-bond donors (Lipinski definition) is 1. The van der Waals surface area contributed by atoms with Crippen molar-refractivity contribution in [2.24, 2.45) is 11.1 Å². The van der Waals surface area contributed by atoms with E-state index in [0.717, 1.165) is 19.8 Å². The van der Waals surface area contributed by atoms with E-state index in [9.17, 15) is 0 Å². The molecule has 3 heteroatoms. The first-order valence-electron chi connectivity index (χ1n) is 6.83. The Morgan fingerprint density at radius 1 is 1.39 bits per heavy atom. The second kappa shape index (κ2) is 5.24. The molecule has 0 aromatic heterocycles. The van der Waals surface area contributed by atoms with Crippen molar-refractivity contribution in [3.8, 4) is 0 Å². The quantitative estimate of drug-likeness (QED) is 0.910. The summed E-state index contributed by atoms with van der Waals surface area (Å²) in [6, 6.07) is 8.82. The first-order chi connectivity index (χ1) is 8.83. The van der Waals surface area contributed by atoms with E-state index in [1.54, 1.807) is 0 Å². The van der Waals surface area contributed by atoms with E-state index in [4.69, 9.17) is 10.5 Å². The molecule has 2 atom stereocenters. The summed E-state index contributed by atoms with van der Waals surface area (Å²) >= 11 is 1.99. The van der Waals surface area contributed by atoms with Gasteiger partial charge in [-0.15, -0.1) is 11.8 Å². The van der Waals surface area contributed by atoms with E-state index >= 15 is 0 Å². The van der Waals surface area contributed by atoms with Crippen LogP contribution in [-0.2, 0) is 4.74 Å². The summed E-state index contributed by atoms with van der Waals surface area (Å²) in [5.41, 5.74) is 7.80. The Morgan fingerprint density at radius 3 is 3.06 bits per heavy atom. The Balaban J connectivity index is 1.77. The number of hydrogen-bond acceptors (Lipinski definition) is 3. The van der Waals surface area contributed by atoms with Crippen molar-refractivity contribution in [3.63, 3.8) is 0 Å². The SMILES string of the molecule is NCC1(CC2CSc3ccccc32)CCCOC1. The summed E-state index contributed by atoms with van der Waals surface area (Å²) in [4.78, 5) is 1.46. The summed E-state index contributed by atoms with van der Waals surface area (Å²) in [5.74, 6) is 1.87. The van der Waals surface area contributed by atoms with Gasteiger partial charge in [0, 0.05) is 29.2 Å². The van der Waals surface area contributed by atoms with E-state index in [2.05, 4.69) is 24.3 Å². The molecule has 2 unspecified atom stereocenters. The summed E-state index contributed by atoms with van der Waals surface area (Å²) in [7, 11) is 0. The lowest BCUT2D eigenvalue weighted by atomic mass is 9.74. The monoisotopic (exact) mass is 263 g/mol. The highest BCUT2D eigenvalue weighted by Gasteiger charge is 2.36. The van der Waals surface area contributed by atoms with E-state index in [1.807, 2.05) is 11.8 Å². The minimum Gasteiger partial charge on any atom is -0.381 e. The Morgan fingerprint density at radius 2 is 2.28 bits per heavy atom. The predicted octanol–water partition coefficient (Wildman–Crippen LogP) is 3.02. The fraction of sp³-hybridized carbons (Fsp3) is 0.600. The fourth-order valence-corrected chi connectivity index (χ4v) is 4.49. The number of ether oxygens (including phenoxy) is 1. The normalized spacial score (nSPS) is 31.3. The minimum atomic E-state index is 0.223. The van der Waals surface area contributed by atoms with Gasteiger partial charge in [0.25, 0.3) is 0 Å². The van der Waals surface area contributed by atoms with Gasteiger partial charge in [0.15, 0.2) is 0 Å². The molecule has 1 aromatic rings. The van der Waals surface area contributed by atoms with Crippen molar-refractivity contribution in [1.29, 1.82) is 0 Å². The Kier molecular flexibility index (Phi) is 3.64. The number of fused-ring (bicyclic) bond motifs is 1. The molecule has 0 saturated carbocycles. The maximum Gasteiger partial charge on any atom is 0.0534 e. The van der Waals surface area contributed by atoms with Gasteiger partial charge in [0.2, 0.25) is 0 Å². The second-order valence-corrected chi connectivity index (χ2v) is 6.67. The summed E-state index contributed by atoms with van der Waals surface area (Å²) < 4.78 is 5.69. The zero-order valence-corrected chi connectivity index (χ0v) is 11.5. The molecular formula is C15H21NOS. The molecule has 1 saturated heterocycles. The smallest absolute Gasteiger partial charge is 0.0534 e. The zero-order valence-electron chi connectivity index (χ0n) is 10.7. The predicted molar refractivity (Wildman–Crippen MR) is 76.1 cm³/mol. The Hall–Kier alpha value is -0.510. The van der Waals surface area contributed by atoms with Crippen LogP contribution >= 0.6 is 11.8 Å². The van der Waals surface area contributed by atoms with Crippen LogP contribution in [0, 0.1) is 5.41 Å². The van der Waals surface area contributed by atoms with Gasteiger partial charge in [-0.05, 0) is 36.8 Å². The molecule has 2 N–H and O–H groups in total. The molecular weight excluding hydrogens is 242 g/mol. The van der Waals surface area contributed by atoms with Gasteiger partial charge >= 0.3 is 0 Å². The topological polar surface area (TPSA) is 35.2 Å². The minimum absolute atomic E-state index is 0.223. The maximum atomic E-state index is 6.05. The fourth-order valence-electron chi connectivity index (χ4n) is 3.24. The Bertz CT molecular complexity index is 415. The van der Waals surface area contributed by atoms with Crippen molar-refractivity contribution in [2.45, 2.75) is 30.1 Å². The molecule has 2 heterocycles. The van der Waals surface area contributed by atoms with Crippen molar-refractivity contribution in [1.82, 2.24) is 0 Å². The highest BCUT2D eigenvalue weighted by atomic mass is 32.2. The van der Waals surface area contributed by atoms with Crippen LogP contribution in [0.2, 0.25) is 0 Å². The van der Waals surface area contributed by atoms with E-state index in [1.165, 1.54) is 35.5 Å². The van der Waals surface area contributed by atoms with E-state index in [-0.39, 0.29) is 5.41 Å². The first-order valence-corrected chi connectivity index (χ1v) is 7.81. The Labute approximate surface area is 113 Å². The van der Waals surface area contributed by atoms with E-state index in [0.29, 0.717) is 5.92 Å². The molecule has 0 spiro atoms. The average Bonchev–Trinajstić information content (AvgIpc) is 2.83. The van der Waals surface area contributed by atoms with Crippen molar-refractivity contribution < 1.29 is 4.74 Å². The summed E-state index contributed by atoms with van der Waals surface area (Å²) in [5, 5.41) is 0. The molecule has 2 aliphatic rings. The molecule has 0 radical (unpaired) electrons. The van der Waals surface area contributed by atoms with Crippen LogP contribution in [0.1, 0.15) is 30.7 Å². The van der Waals surface area contributed by atoms with Crippen LogP contribution in [0.15, 0.2) is 29.2 Å². The number of thioether (sulfide) groups is 1. The molecule has 2 aliphatic heterocycles. The molecule has 18 heavy (non-hydrogen) atoms. The molecule has 1 fully saturated rings. The molecule has 3 rings (SSSR count). The van der Waals surface area contributed by atoms with Crippen molar-refractivity contribution >= 4 is 11.8 Å². The van der Waals surface area contributed by atoms with Crippen molar-refractivity contribution in [2.75, 3.05) is 25.5 Å². The third kappa shape index (κ3) is 2.31. The van der Waals surface area contributed by atoms with Gasteiger partial charge in [0.05, 0.1) is 6.61 Å². The van der Waals surface area contributed by atoms with Gasteiger partial charge < -0.3 is 10.5 Å². The molecule has 1 aromatic carbocycles. The molecule has 0 amide bonds. The lowest BCUT2D eigenvalue weighted by molar-refractivity contribution is -0.0102. The highest BCUT2D eigenvalue weighted by molar-refractivity contribution is 7.99. The van der Waals surface area contributed by atoms with E-state index < -0.39 is 0 Å². The molecule has 2 nitrogen and oxygen atoms in total. The molecule has 0 aliphatic carbocycles. The number of benzene rings is 1. The lowest BCUT2D eigenvalue weighted by Crippen LogP contribution is -2.40.